The minimum Gasteiger partial charge on any atom is -0.344 e. The Hall–Kier alpha value is -2.86. The van der Waals surface area contributed by atoms with E-state index >= 15 is 0 Å². The van der Waals surface area contributed by atoms with Crippen molar-refractivity contribution in [1.82, 2.24) is 4.90 Å². The SMILES string of the molecule is C=CCN1c2ccccc2C(c2ccccc2)=C(C(=O)N(C)C)S1(=O)=O. The van der Waals surface area contributed by atoms with Crippen LogP contribution in [0.15, 0.2) is 72.2 Å². The van der Waals surface area contributed by atoms with Gasteiger partial charge < -0.3 is 4.90 Å². The number of fused-ring (bicyclic) bond motifs is 1. The Morgan fingerprint density at radius 1 is 1.08 bits per heavy atom. The topological polar surface area (TPSA) is 57.7 Å². The maximum Gasteiger partial charge on any atom is 0.270 e. The van der Waals surface area contributed by atoms with E-state index in [0.717, 1.165) is 0 Å². The zero-order valence-electron chi connectivity index (χ0n) is 14.7. The van der Waals surface area contributed by atoms with Gasteiger partial charge in [-0.25, -0.2) is 8.42 Å². The number of hydrogen-bond donors (Lipinski definition) is 0. The third-order valence-corrected chi connectivity index (χ3v) is 6.00. The molecular formula is C20H20N2O3S. The zero-order chi connectivity index (χ0) is 18.9. The molecule has 2 aromatic rings. The number of hydrogen-bond acceptors (Lipinski definition) is 3. The van der Waals surface area contributed by atoms with E-state index in [9.17, 15) is 13.2 Å². The van der Waals surface area contributed by atoms with E-state index in [2.05, 4.69) is 6.58 Å². The second-order valence-electron chi connectivity index (χ2n) is 6.11. The fourth-order valence-electron chi connectivity index (χ4n) is 3.02. The molecule has 1 aliphatic heterocycles. The molecule has 0 bridgehead atoms. The third-order valence-electron chi connectivity index (χ3n) is 4.18. The molecule has 1 amide bonds. The predicted octanol–water partition coefficient (Wildman–Crippen LogP) is 2.87. The van der Waals surface area contributed by atoms with Crippen LogP contribution in [0.4, 0.5) is 5.69 Å². The third kappa shape index (κ3) is 2.82. The standard InChI is InChI=1S/C20H20N2O3S/c1-4-14-22-17-13-9-8-12-16(17)18(15-10-6-5-7-11-15)19(26(22,24)25)20(23)21(2)3/h4-13H,1,14H2,2-3H3. The Labute approximate surface area is 153 Å². The predicted molar refractivity (Wildman–Crippen MR) is 104 cm³/mol. The van der Waals surface area contributed by atoms with Crippen LogP contribution in [0.2, 0.25) is 0 Å². The van der Waals surface area contributed by atoms with Crippen molar-refractivity contribution in [2.75, 3.05) is 24.9 Å². The fourth-order valence-corrected chi connectivity index (χ4v) is 4.85. The van der Waals surface area contributed by atoms with Crippen molar-refractivity contribution < 1.29 is 13.2 Å². The van der Waals surface area contributed by atoms with Gasteiger partial charge in [-0.05, 0) is 11.6 Å². The van der Waals surface area contributed by atoms with E-state index in [1.54, 1.807) is 26.2 Å². The maximum atomic E-state index is 13.4. The highest BCUT2D eigenvalue weighted by Gasteiger charge is 2.41. The van der Waals surface area contributed by atoms with E-state index in [0.29, 0.717) is 22.4 Å². The second-order valence-corrected chi connectivity index (χ2v) is 7.91. The van der Waals surface area contributed by atoms with Gasteiger partial charge in [0.05, 0.1) is 12.2 Å². The Morgan fingerprint density at radius 3 is 2.31 bits per heavy atom. The Bertz CT molecular complexity index is 993. The molecule has 6 heteroatoms. The molecule has 3 rings (SSSR count). The van der Waals surface area contributed by atoms with Gasteiger partial charge in [-0.2, -0.15) is 0 Å². The van der Waals surface area contributed by atoms with Crippen LogP contribution in [0.25, 0.3) is 5.57 Å². The van der Waals surface area contributed by atoms with Crippen molar-refractivity contribution in [1.29, 1.82) is 0 Å². The molecule has 0 atom stereocenters. The monoisotopic (exact) mass is 368 g/mol. The van der Waals surface area contributed by atoms with E-state index in [1.807, 2.05) is 42.5 Å². The van der Waals surface area contributed by atoms with E-state index in [4.69, 9.17) is 0 Å². The van der Waals surface area contributed by atoms with Gasteiger partial charge in [0.25, 0.3) is 15.9 Å². The Morgan fingerprint density at radius 2 is 1.69 bits per heavy atom. The number of sulfonamides is 1. The van der Waals surface area contributed by atoms with Gasteiger partial charge in [-0.3, -0.25) is 9.10 Å². The number of amides is 1. The first-order chi connectivity index (χ1) is 12.4. The quantitative estimate of drug-likeness (QED) is 0.780. The normalized spacial score (nSPS) is 15.4. The zero-order valence-corrected chi connectivity index (χ0v) is 15.5. The molecule has 134 valence electrons. The highest BCUT2D eigenvalue weighted by atomic mass is 32.2. The summed E-state index contributed by atoms with van der Waals surface area (Å²) in [5.41, 5.74) is 2.37. The molecule has 0 saturated carbocycles. The molecule has 0 aliphatic carbocycles. The van der Waals surface area contributed by atoms with E-state index < -0.39 is 15.9 Å². The van der Waals surface area contributed by atoms with Crippen LogP contribution in [0, 0.1) is 0 Å². The molecule has 0 radical (unpaired) electrons. The highest BCUT2D eigenvalue weighted by Crippen LogP contribution is 2.42. The minimum atomic E-state index is -4.03. The highest BCUT2D eigenvalue weighted by molar-refractivity contribution is 7.97. The van der Waals surface area contributed by atoms with Gasteiger partial charge in [0.1, 0.15) is 0 Å². The largest absolute Gasteiger partial charge is 0.344 e. The summed E-state index contributed by atoms with van der Waals surface area (Å²) in [6.45, 7) is 3.75. The molecule has 0 aromatic heterocycles. The van der Waals surface area contributed by atoms with Crippen LogP contribution in [0.5, 0.6) is 0 Å². The molecule has 0 saturated heterocycles. The van der Waals surface area contributed by atoms with Gasteiger partial charge in [0.2, 0.25) is 0 Å². The lowest BCUT2D eigenvalue weighted by molar-refractivity contribution is -0.123. The van der Waals surface area contributed by atoms with Crippen LogP contribution in [-0.4, -0.2) is 39.9 Å². The summed E-state index contributed by atoms with van der Waals surface area (Å²) in [5, 5.41) is 0. The van der Waals surface area contributed by atoms with Crippen molar-refractivity contribution in [3.05, 3.63) is 83.3 Å². The minimum absolute atomic E-state index is 0.0889. The summed E-state index contributed by atoms with van der Waals surface area (Å²) in [4.78, 5) is 14.0. The molecule has 2 aromatic carbocycles. The Balaban J connectivity index is 2.45. The van der Waals surface area contributed by atoms with Gasteiger partial charge in [-0.15, -0.1) is 6.58 Å². The summed E-state index contributed by atoms with van der Waals surface area (Å²) in [7, 11) is -0.936. The lowest BCUT2D eigenvalue weighted by Gasteiger charge is -2.33. The maximum absolute atomic E-state index is 13.4. The van der Waals surface area contributed by atoms with Crippen molar-refractivity contribution in [3.8, 4) is 0 Å². The fraction of sp³-hybridized carbons (Fsp3) is 0.150. The lowest BCUT2D eigenvalue weighted by atomic mass is 9.95. The van der Waals surface area contributed by atoms with Gasteiger partial charge >= 0.3 is 0 Å². The van der Waals surface area contributed by atoms with E-state index in [-0.39, 0.29) is 11.4 Å². The number of rotatable bonds is 4. The number of para-hydroxylation sites is 1. The number of likely N-dealkylation sites (N-methyl/N-ethyl adjacent to an activating group) is 1. The smallest absolute Gasteiger partial charge is 0.270 e. The summed E-state index contributed by atoms with van der Waals surface area (Å²) >= 11 is 0. The number of benzene rings is 2. The number of nitrogens with zero attached hydrogens (tertiary/aromatic N) is 2. The Kier molecular flexibility index (Phi) is 4.70. The molecule has 5 nitrogen and oxygen atoms in total. The lowest BCUT2D eigenvalue weighted by Crippen LogP contribution is -2.41. The molecule has 26 heavy (non-hydrogen) atoms. The van der Waals surface area contributed by atoms with Gasteiger partial charge in [0.15, 0.2) is 4.91 Å². The first kappa shape index (κ1) is 17.9. The molecule has 1 aliphatic rings. The van der Waals surface area contributed by atoms with Crippen molar-refractivity contribution in [2.24, 2.45) is 0 Å². The first-order valence-corrected chi connectivity index (χ1v) is 9.58. The first-order valence-electron chi connectivity index (χ1n) is 8.14. The van der Waals surface area contributed by atoms with Crippen LogP contribution in [-0.2, 0) is 14.8 Å². The summed E-state index contributed by atoms with van der Waals surface area (Å²) < 4.78 is 28.0. The molecule has 0 spiro atoms. The van der Waals surface area contributed by atoms with Crippen LogP contribution in [0.1, 0.15) is 11.1 Å². The van der Waals surface area contributed by atoms with Crippen molar-refractivity contribution in [2.45, 2.75) is 0 Å². The average molecular weight is 368 g/mol. The average Bonchev–Trinajstić information content (AvgIpc) is 2.63. The summed E-state index contributed by atoms with van der Waals surface area (Å²) in [6, 6.07) is 16.3. The summed E-state index contributed by atoms with van der Waals surface area (Å²) in [6.07, 6.45) is 1.51. The molecule has 0 unspecified atom stereocenters. The van der Waals surface area contributed by atoms with E-state index in [1.165, 1.54) is 15.3 Å². The number of anilines is 1. The van der Waals surface area contributed by atoms with Crippen molar-refractivity contribution in [3.63, 3.8) is 0 Å². The van der Waals surface area contributed by atoms with Crippen LogP contribution in [0.3, 0.4) is 0 Å². The number of carbonyl (C=O) groups is 1. The molecule has 1 heterocycles. The van der Waals surface area contributed by atoms with Crippen molar-refractivity contribution >= 4 is 27.2 Å². The second kappa shape index (κ2) is 6.80. The molecular weight excluding hydrogens is 348 g/mol. The van der Waals surface area contributed by atoms with Crippen LogP contribution >= 0.6 is 0 Å². The van der Waals surface area contributed by atoms with Crippen LogP contribution < -0.4 is 4.31 Å². The van der Waals surface area contributed by atoms with Gasteiger partial charge in [-0.1, -0.05) is 54.6 Å². The molecule has 0 fully saturated rings. The molecule has 0 N–H and O–H groups in total. The number of carbonyl (C=O) groups excluding carboxylic acids is 1. The summed E-state index contributed by atoms with van der Waals surface area (Å²) in [5.74, 6) is -0.549. The van der Waals surface area contributed by atoms with Gasteiger partial charge in [0, 0.05) is 25.2 Å².